The second-order valence-corrected chi connectivity index (χ2v) is 8.87. The van der Waals surface area contributed by atoms with Crippen molar-refractivity contribution in [3.8, 4) is 11.1 Å². The molecule has 0 bridgehead atoms. The van der Waals surface area contributed by atoms with Crippen molar-refractivity contribution in [3.63, 3.8) is 0 Å². The van der Waals surface area contributed by atoms with Gasteiger partial charge in [0.2, 0.25) is 0 Å². The number of hydrogen-bond donors (Lipinski definition) is 2. The Morgan fingerprint density at radius 3 is 2.35 bits per heavy atom. The molecule has 178 valence electrons. The van der Waals surface area contributed by atoms with Gasteiger partial charge in [-0.05, 0) is 25.5 Å². The number of aromatic nitrogens is 5. The molecule has 3 N–H and O–H groups in total. The summed E-state index contributed by atoms with van der Waals surface area (Å²) in [6.07, 6.45) is -3.35. The van der Waals surface area contributed by atoms with E-state index in [2.05, 4.69) is 20.5 Å². The second kappa shape index (κ2) is 8.09. The van der Waals surface area contributed by atoms with Crippen LogP contribution in [0.3, 0.4) is 0 Å². The van der Waals surface area contributed by atoms with Gasteiger partial charge in [0, 0.05) is 30.7 Å². The zero-order valence-corrected chi connectivity index (χ0v) is 19.8. The monoisotopic (exact) mass is 511 g/mol. The van der Waals surface area contributed by atoms with Crippen LogP contribution in [-0.2, 0) is 20.3 Å². The van der Waals surface area contributed by atoms with E-state index < -0.39 is 23.7 Å². The lowest BCUT2D eigenvalue weighted by molar-refractivity contribution is -0.140. The fraction of sp³-hybridized carbons (Fsp3) is 0.250. The first-order chi connectivity index (χ1) is 15.8. The number of nitrogens with two attached hydrogens (primary N) is 1. The third-order valence-electron chi connectivity index (χ3n) is 5.30. The highest BCUT2D eigenvalue weighted by atomic mass is 35.5. The number of carbonyl (C=O) groups excluding carboxylic acids is 2. The Hall–Kier alpha value is -3.45. The van der Waals surface area contributed by atoms with E-state index in [1.165, 1.54) is 22.6 Å². The molecule has 4 aromatic heterocycles. The Morgan fingerprint density at radius 2 is 1.85 bits per heavy atom. The number of pyridine rings is 1. The maximum Gasteiger partial charge on any atom is 0.433 e. The number of anilines is 1. The van der Waals surface area contributed by atoms with Crippen molar-refractivity contribution in [3.05, 3.63) is 44.9 Å². The summed E-state index contributed by atoms with van der Waals surface area (Å²) in [7, 11) is 3.15. The number of thiophene rings is 1. The van der Waals surface area contributed by atoms with Gasteiger partial charge in [-0.15, -0.1) is 11.3 Å². The van der Waals surface area contributed by atoms with Crippen molar-refractivity contribution in [2.45, 2.75) is 20.0 Å². The van der Waals surface area contributed by atoms with Crippen molar-refractivity contribution >= 4 is 50.7 Å². The van der Waals surface area contributed by atoms with E-state index in [1.807, 2.05) is 0 Å². The van der Waals surface area contributed by atoms with Crippen molar-refractivity contribution in [1.82, 2.24) is 24.5 Å². The summed E-state index contributed by atoms with van der Waals surface area (Å²) in [6.45, 7) is 3.29. The van der Waals surface area contributed by atoms with Crippen molar-refractivity contribution < 1.29 is 22.8 Å². The van der Waals surface area contributed by atoms with Gasteiger partial charge in [0.05, 0.1) is 22.6 Å². The Labute approximate surface area is 199 Å². The maximum atomic E-state index is 13.6. The van der Waals surface area contributed by atoms with E-state index >= 15 is 0 Å². The lowest BCUT2D eigenvalue weighted by Gasteiger charge is -2.12. The Bertz CT molecular complexity index is 1490. The summed E-state index contributed by atoms with van der Waals surface area (Å²) < 4.78 is 43.7. The van der Waals surface area contributed by atoms with Gasteiger partial charge in [-0.3, -0.25) is 19.0 Å². The number of fused-ring (bicyclic) bond motifs is 1. The number of nitrogens with one attached hydrogen (secondary N) is 1. The van der Waals surface area contributed by atoms with Crippen molar-refractivity contribution in [2.75, 3.05) is 5.32 Å². The SMILES string of the molecule is Cc1nn(C)c(C(=O)Nc2c(C(N)=O)sc3nc(C(F)(F)F)cc(-c4cnn(C)c4C)c23)c1Cl. The van der Waals surface area contributed by atoms with Gasteiger partial charge < -0.3 is 11.1 Å². The molecule has 2 amide bonds. The molecular formula is C20H17ClF3N7O2S. The fourth-order valence-electron chi connectivity index (χ4n) is 3.56. The van der Waals surface area contributed by atoms with Crippen LogP contribution in [0.4, 0.5) is 18.9 Å². The second-order valence-electron chi connectivity index (χ2n) is 7.50. The zero-order chi connectivity index (χ0) is 25.1. The lowest BCUT2D eigenvalue weighted by atomic mass is 10.0. The number of nitrogens with zero attached hydrogens (tertiary/aromatic N) is 5. The number of hydrogen-bond acceptors (Lipinski definition) is 6. The zero-order valence-electron chi connectivity index (χ0n) is 18.2. The molecule has 0 spiro atoms. The number of alkyl halides is 3. The standard InChI is InChI=1S/C20H17ClF3N7O2S/c1-7-13(21)15(31(4)29-7)18(33)28-14-12-9(10-6-26-30(3)8(10)2)5-11(20(22,23)24)27-19(12)34-16(14)17(25)32/h5-6H,1-4H3,(H2,25,32)(H,28,33). The van der Waals surface area contributed by atoms with E-state index in [4.69, 9.17) is 17.3 Å². The molecule has 34 heavy (non-hydrogen) atoms. The topological polar surface area (TPSA) is 121 Å². The Kier molecular flexibility index (Phi) is 5.64. The molecule has 0 aliphatic heterocycles. The molecule has 0 aliphatic rings. The van der Waals surface area contributed by atoms with E-state index in [0.717, 1.165) is 6.07 Å². The van der Waals surface area contributed by atoms with Crippen LogP contribution in [-0.4, -0.2) is 36.4 Å². The van der Waals surface area contributed by atoms with E-state index in [1.54, 1.807) is 20.9 Å². The molecule has 0 saturated carbocycles. The first-order valence-electron chi connectivity index (χ1n) is 9.65. The number of aryl methyl sites for hydroxylation is 3. The summed E-state index contributed by atoms with van der Waals surface area (Å²) in [6, 6.07) is 0.862. The minimum Gasteiger partial charge on any atom is -0.365 e. The van der Waals surface area contributed by atoms with Gasteiger partial charge in [-0.2, -0.15) is 23.4 Å². The van der Waals surface area contributed by atoms with Crippen LogP contribution in [0, 0.1) is 13.8 Å². The number of halogens is 4. The summed E-state index contributed by atoms with van der Waals surface area (Å²) in [5, 5.41) is 11.0. The van der Waals surface area contributed by atoms with E-state index in [9.17, 15) is 22.8 Å². The molecule has 0 aromatic carbocycles. The van der Waals surface area contributed by atoms with Crippen LogP contribution in [0.15, 0.2) is 12.3 Å². The van der Waals surface area contributed by atoms with Crippen LogP contribution >= 0.6 is 22.9 Å². The molecule has 4 rings (SSSR count). The fourth-order valence-corrected chi connectivity index (χ4v) is 4.82. The quantitative estimate of drug-likeness (QED) is 0.428. The predicted octanol–water partition coefficient (Wildman–Crippen LogP) is 4.07. The Morgan fingerprint density at radius 1 is 1.18 bits per heavy atom. The van der Waals surface area contributed by atoms with Crippen LogP contribution in [0.25, 0.3) is 21.3 Å². The number of primary amides is 1. The van der Waals surface area contributed by atoms with Crippen LogP contribution in [0.2, 0.25) is 5.02 Å². The van der Waals surface area contributed by atoms with Gasteiger partial charge in [0.25, 0.3) is 11.8 Å². The highest BCUT2D eigenvalue weighted by Gasteiger charge is 2.35. The molecule has 0 unspecified atom stereocenters. The van der Waals surface area contributed by atoms with Gasteiger partial charge >= 0.3 is 6.18 Å². The van der Waals surface area contributed by atoms with Crippen LogP contribution in [0.1, 0.15) is 37.2 Å². The summed E-state index contributed by atoms with van der Waals surface area (Å²) in [5.74, 6) is -1.66. The first kappa shape index (κ1) is 23.7. The van der Waals surface area contributed by atoms with Crippen LogP contribution in [0.5, 0.6) is 0 Å². The Balaban J connectivity index is 2.03. The molecule has 14 heteroatoms. The summed E-state index contributed by atoms with van der Waals surface area (Å²) in [5.41, 5.74) is 5.74. The number of rotatable bonds is 4. The molecule has 4 heterocycles. The van der Waals surface area contributed by atoms with Gasteiger partial charge in [0.1, 0.15) is 21.1 Å². The van der Waals surface area contributed by atoms with Gasteiger partial charge in [-0.25, -0.2) is 4.98 Å². The van der Waals surface area contributed by atoms with E-state index in [-0.39, 0.29) is 37.1 Å². The molecule has 0 fully saturated rings. The average Bonchev–Trinajstić information content (AvgIpc) is 3.35. The molecule has 0 saturated heterocycles. The first-order valence-corrected chi connectivity index (χ1v) is 10.8. The van der Waals surface area contributed by atoms with Gasteiger partial charge in [-0.1, -0.05) is 11.6 Å². The summed E-state index contributed by atoms with van der Waals surface area (Å²) >= 11 is 6.86. The molecule has 0 radical (unpaired) electrons. The highest BCUT2D eigenvalue weighted by Crippen LogP contribution is 2.44. The van der Waals surface area contributed by atoms with E-state index in [0.29, 0.717) is 28.3 Å². The molecular weight excluding hydrogens is 495 g/mol. The van der Waals surface area contributed by atoms with Crippen LogP contribution < -0.4 is 11.1 Å². The summed E-state index contributed by atoms with van der Waals surface area (Å²) in [4.78, 5) is 28.8. The van der Waals surface area contributed by atoms with Gasteiger partial charge in [0.15, 0.2) is 0 Å². The minimum atomic E-state index is -4.75. The highest BCUT2D eigenvalue weighted by molar-refractivity contribution is 7.21. The lowest BCUT2D eigenvalue weighted by Crippen LogP contribution is -2.19. The third kappa shape index (κ3) is 3.80. The number of carbonyl (C=O) groups is 2. The smallest absolute Gasteiger partial charge is 0.365 e. The molecule has 0 atom stereocenters. The number of amides is 2. The normalized spacial score (nSPS) is 11.9. The molecule has 9 nitrogen and oxygen atoms in total. The minimum absolute atomic E-state index is 0.00733. The van der Waals surface area contributed by atoms with Crippen molar-refractivity contribution in [2.24, 2.45) is 19.8 Å². The third-order valence-corrected chi connectivity index (χ3v) is 6.86. The molecule has 0 aliphatic carbocycles. The van der Waals surface area contributed by atoms with Crippen molar-refractivity contribution in [1.29, 1.82) is 0 Å². The molecule has 4 aromatic rings. The predicted molar refractivity (Wildman–Crippen MR) is 121 cm³/mol. The maximum absolute atomic E-state index is 13.6. The largest absolute Gasteiger partial charge is 0.433 e. The average molecular weight is 512 g/mol.